The van der Waals surface area contributed by atoms with Gasteiger partial charge in [-0.3, -0.25) is 0 Å². The van der Waals surface area contributed by atoms with Gasteiger partial charge in [-0.2, -0.15) is 0 Å². The first kappa shape index (κ1) is 32.4. The van der Waals surface area contributed by atoms with Crippen LogP contribution in [0.2, 0.25) is 0 Å². The average Bonchev–Trinajstić information content (AvgIpc) is 3.13. The molecule has 0 bridgehead atoms. The SMILES string of the molecule is CC/C=C1/C(c2ccc(C(Cc3ccccc3)Nc3ccccc3C)cc2)=c2ccccc2=C(c2ccc3cc(C)ccc3c2)C1CCC. The second-order valence-electron chi connectivity index (χ2n) is 13.6. The summed E-state index contributed by atoms with van der Waals surface area (Å²) in [6.07, 6.45) is 6.66. The van der Waals surface area contributed by atoms with Gasteiger partial charge in [-0.1, -0.05) is 159 Å². The molecule has 1 N–H and O–H groups in total. The average molecular weight is 638 g/mol. The maximum Gasteiger partial charge on any atom is 0.0554 e. The van der Waals surface area contributed by atoms with Gasteiger partial charge >= 0.3 is 0 Å². The molecule has 6 aromatic rings. The van der Waals surface area contributed by atoms with Crippen LogP contribution in [0.1, 0.15) is 72.5 Å². The standard InChI is InChI=1S/C48H47N/c1-5-14-41-42(15-6-2)48(40-29-28-38-30-33(3)22-23-39(38)32-40)44-20-12-11-19-43(44)47(41)37-26-24-36(25-27-37)46(31-35-17-8-7-9-18-35)49-45-21-13-10-16-34(45)4/h7-14,16-30,32,42,46,49H,5-6,15,31H2,1-4H3/b41-14+. The number of aryl methyl sites for hydroxylation is 2. The van der Waals surface area contributed by atoms with Crippen LogP contribution < -0.4 is 15.8 Å². The molecular formula is C48H47N. The van der Waals surface area contributed by atoms with Crippen LogP contribution in [0.3, 0.4) is 0 Å². The Morgan fingerprint density at radius 1 is 0.653 bits per heavy atom. The molecule has 0 spiro atoms. The van der Waals surface area contributed by atoms with E-state index in [1.54, 1.807) is 0 Å². The lowest BCUT2D eigenvalue weighted by Crippen LogP contribution is -2.37. The van der Waals surface area contributed by atoms with Crippen LogP contribution in [0.4, 0.5) is 5.69 Å². The molecule has 0 heterocycles. The van der Waals surface area contributed by atoms with E-state index in [4.69, 9.17) is 0 Å². The molecule has 0 aromatic heterocycles. The second kappa shape index (κ2) is 14.5. The van der Waals surface area contributed by atoms with Crippen molar-refractivity contribution >= 4 is 27.6 Å². The Morgan fingerprint density at radius 2 is 1.33 bits per heavy atom. The molecular weight excluding hydrogens is 591 g/mol. The zero-order chi connectivity index (χ0) is 33.7. The zero-order valence-corrected chi connectivity index (χ0v) is 29.3. The van der Waals surface area contributed by atoms with Gasteiger partial charge < -0.3 is 5.32 Å². The summed E-state index contributed by atoms with van der Waals surface area (Å²) in [5.74, 6) is 0.325. The van der Waals surface area contributed by atoms with Crippen molar-refractivity contribution in [3.05, 3.63) is 195 Å². The minimum absolute atomic E-state index is 0.149. The van der Waals surface area contributed by atoms with Crippen LogP contribution in [0.25, 0.3) is 21.9 Å². The Bertz CT molecular complexity index is 2240. The Hall–Kier alpha value is -5.14. The van der Waals surface area contributed by atoms with Crippen molar-refractivity contribution in [3.63, 3.8) is 0 Å². The maximum atomic E-state index is 3.90. The van der Waals surface area contributed by atoms with E-state index < -0.39 is 0 Å². The maximum absolute atomic E-state index is 3.90. The van der Waals surface area contributed by atoms with E-state index in [1.165, 1.54) is 77.0 Å². The van der Waals surface area contributed by atoms with E-state index in [9.17, 15) is 0 Å². The van der Waals surface area contributed by atoms with Crippen molar-refractivity contribution in [2.24, 2.45) is 5.92 Å². The lowest BCUT2D eigenvalue weighted by molar-refractivity contribution is 0.678. The molecule has 2 unspecified atom stereocenters. The van der Waals surface area contributed by atoms with Gasteiger partial charge in [0.05, 0.1) is 6.04 Å². The van der Waals surface area contributed by atoms with E-state index >= 15 is 0 Å². The van der Waals surface area contributed by atoms with Crippen molar-refractivity contribution < 1.29 is 0 Å². The fourth-order valence-electron chi connectivity index (χ4n) is 7.78. The van der Waals surface area contributed by atoms with Crippen molar-refractivity contribution in [3.8, 4) is 0 Å². The highest BCUT2D eigenvalue weighted by atomic mass is 14.9. The van der Waals surface area contributed by atoms with Crippen molar-refractivity contribution in [1.29, 1.82) is 0 Å². The molecule has 1 aliphatic carbocycles. The third-order valence-electron chi connectivity index (χ3n) is 10.2. The van der Waals surface area contributed by atoms with Crippen LogP contribution in [0.5, 0.6) is 0 Å². The molecule has 0 saturated heterocycles. The monoisotopic (exact) mass is 637 g/mol. The molecule has 0 amide bonds. The molecule has 49 heavy (non-hydrogen) atoms. The lowest BCUT2D eigenvalue weighted by atomic mass is 9.73. The molecule has 2 atom stereocenters. The summed E-state index contributed by atoms with van der Waals surface area (Å²) in [6.45, 7) is 8.96. The molecule has 6 aromatic carbocycles. The number of benzene rings is 6. The normalized spacial score (nSPS) is 15.8. The van der Waals surface area contributed by atoms with Gasteiger partial charge in [-0.05, 0) is 111 Å². The fourth-order valence-corrected chi connectivity index (χ4v) is 7.78. The van der Waals surface area contributed by atoms with Gasteiger partial charge in [0.25, 0.3) is 0 Å². The first-order valence-corrected chi connectivity index (χ1v) is 18.0. The number of nitrogens with one attached hydrogen (secondary N) is 1. The Morgan fingerprint density at radius 3 is 2.08 bits per heavy atom. The van der Waals surface area contributed by atoms with E-state index in [0.29, 0.717) is 5.92 Å². The molecule has 1 heteroatoms. The summed E-state index contributed by atoms with van der Waals surface area (Å²) in [6, 6.07) is 52.0. The summed E-state index contributed by atoms with van der Waals surface area (Å²) < 4.78 is 0. The molecule has 0 radical (unpaired) electrons. The third-order valence-corrected chi connectivity index (χ3v) is 10.2. The third kappa shape index (κ3) is 6.76. The van der Waals surface area contributed by atoms with Gasteiger partial charge in [-0.15, -0.1) is 0 Å². The van der Waals surface area contributed by atoms with Gasteiger partial charge in [-0.25, -0.2) is 0 Å². The highest BCUT2D eigenvalue weighted by molar-refractivity contribution is 5.91. The number of hydrogen-bond donors (Lipinski definition) is 1. The van der Waals surface area contributed by atoms with Crippen LogP contribution in [0, 0.1) is 19.8 Å². The first-order valence-electron chi connectivity index (χ1n) is 18.0. The zero-order valence-electron chi connectivity index (χ0n) is 29.3. The Labute approximate surface area is 292 Å². The highest BCUT2D eigenvalue weighted by Crippen LogP contribution is 2.40. The van der Waals surface area contributed by atoms with Gasteiger partial charge in [0, 0.05) is 11.6 Å². The van der Waals surface area contributed by atoms with Crippen molar-refractivity contribution in [1.82, 2.24) is 0 Å². The van der Waals surface area contributed by atoms with Crippen molar-refractivity contribution in [2.45, 2.75) is 59.4 Å². The lowest BCUT2D eigenvalue weighted by Gasteiger charge is -2.31. The Kier molecular flexibility index (Phi) is 9.62. The minimum atomic E-state index is 0.149. The number of fused-ring (bicyclic) bond motifs is 2. The molecule has 1 nitrogen and oxygen atoms in total. The molecule has 7 rings (SSSR count). The smallest absolute Gasteiger partial charge is 0.0554 e. The van der Waals surface area contributed by atoms with E-state index in [-0.39, 0.29) is 6.04 Å². The van der Waals surface area contributed by atoms with E-state index in [2.05, 4.69) is 179 Å². The molecule has 0 saturated carbocycles. The largest absolute Gasteiger partial charge is 0.378 e. The molecule has 0 fully saturated rings. The molecule has 1 aliphatic rings. The summed E-state index contributed by atoms with van der Waals surface area (Å²) >= 11 is 0. The molecule has 244 valence electrons. The topological polar surface area (TPSA) is 12.0 Å². The van der Waals surface area contributed by atoms with Crippen LogP contribution in [-0.2, 0) is 6.42 Å². The highest BCUT2D eigenvalue weighted by Gasteiger charge is 2.28. The number of hydrogen-bond acceptors (Lipinski definition) is 1. The number of rotatable bonds is 10. The number of para-hydroxylation sites is 1. The minimum Gasteiger partial charge on any atom is -0.378 e. The Balaban J connectivity index is 1.38. The van der Waals surface area contributed by atoms with Gasteiger partial charge in [0.2, 0.25) is 0 Å². The van der Waals surface area contributed by atoms with Crippen LogP contribution >= 0.6 is 0 Å². The summed E-state index contributed by atoms with van der Waals surface area (Å²) in [5, 5.41) is 9.20. The van der Waals surface area contributed by atoms with Gasteiger partial charge in [0.15, 0.2) is 0 Å². The second-order valence-corrected chi connectivity index (χ2v) is 13.6. The van der Waals surface area contributed by atoms with Crippen molar-refractivity contribution in [2.75, 3.05) is 5.32 Å². The summed E-state index contributed by atoms with van der Waals surface area (Å²) in [4.78, 5) is 0. The van der Waals surface area contributed by atoms with E-state index in [0.717, 1.165) is 25.7 Å². The molecule has 0 aliphatic heterocycles. The number of allylic oxidation sites excluding steroid dienone is 2. The first-order chi connectivity index (χ1) is 24.0. The van der Waals surface area contributed by atoms with Gasteiger partial charge in [0.1, 0.15) is 0 Å². The summed E-state index contributed by atoms with van der Waals surface area (Å²) in [5.41, 5.74) is 13.3. The fraction of sp³-hybridized carbons (Fsp3) is 0.208. The summed E-state index contributed by atoms with van der Waals surface area (Å²) in [7, 11) is 0. The number of anilines is 1. The predicted octanol–water partition coefficient (Wildman–Crippen LogP) is 11.0. The van der Waals surface area contributed by atoms with Crippen LogP contribution in [-0.4, -0.2) is 0 Å². The predicted molar refractivity (Wildman–Crippen MR) is 210 cm³/mol. The van der Waals surface area contributed by atoms with Crippen LogP contribution in [0.15, 0.2) is 151 Å². The quantitative estimate of drug-likeness (QED) is 0.158. The van der Waals surface area contributed by atoms with E-state index in [1.807, 2.05) is 0 Å².